The summed E-state index contributed by atoms with van der Waals surface area (Å²) in [6.45, 7) is 0. The van der Waals surface area contributed by atoms with Crippen LogP contribution in [0.25, 0.3) is 0 Å². The maximum atomic E-state index is 13.1. The maximum absolute atomic E-state index is 13.1. The van der Waals surface area contributed by atoms with Gasteiger partial charge in [-0.25, -0.2) is 13.6 Å². The summed E-state index contributed by atoms with van der Waals surface area (Å²) in [5, 5.41) is 2.46. The summed E-state index contributed by atoms with van der Waals surface area (Å²) in [5.74, 6) is -2.90. The monoisotopic (exact) mass is 337 g/mol. The molecule has 0 saturated heterocycles. The summed E-state index contributed by atoms with van der Waals surface area (Å²) in [5.41, 5.74) is 0.524. The van der Waals surface area contributed by atoms with E-state index in [4.69, 9.17) is 0 Å². The number of carbonyl (C=O) groups excluding carboxylic acids is 2. The molecule has 0 aromatic heterocycles. The van der Waals surface area contributed by atoms with Gasteiger partial charge >= 0.3 is 5.97 Å². The smallest absolute Gasteiger partial charge is 0.338 e. The Morgan fingerprint density at radius 1 is 1.13 bits per heavy atom. The molecule has 4 nitrogen and oxygen atoms in total. The summed E-state index contributed by atoms with van der Waals surface area (Å²) in [7, 11) is 1.28. The first-order valence-electron chi connectivity index (χ1n) is 6.56. The van der Waals surface area contributed by atoms with Crippen LogP contribution >= 0.6 is 11.8 Å². The largest absolute Gasteiger partial charge is 0.465 e. The number of nitrogens with one attached hydrogen (secondary N) is 1. The van der Waals surface area contributed by atoms with Crippen LogP contribution in [-0.4, -0.2) is 24.7 Å². The van der Waals surface area contributed by atoms with Gasteiger partial charge in [0.05, 0.1) is 18.4 Å². The van der Waals surface area contributed by atoms with E-state index in [9.17, 15) is 18.4 Å². The quantitative estimate of drug-likeness (QED) is 0.670. The van der Waals surface area contributed by atoms with E-state index in [-0.39, 0.29) is 11.4 Å². The van der Waals surface area contributed by atoms with Gasteiger partial charge in [0.1, 0.15) is 0 Å². The molecule has 1 N–H and O–H groups in total. The Morgan fingerprint density at radius 3 is 2.57 bits per heavy atom. The number of benzene rings is 2. The fourth-order valence-corrected chi connectivity index (χ4v) is 2.63. The van der Waals surface area contributed by atoms with Crippen LogP contribution in [0.5, 0.6) is 0 Å². The third-order valence-corrected chi connectivity index (χ3v) is 3.93. The Bertz CT molecular complexity index is 737. The van der Waals surface area contributed by atoms with E-state index in [1.807, 2.05) is 0 Å². The molecule has 0 fully saturated rings. The normalized spacial score (nSPS) is 10.2. The second-order valence-corrected chi connectivity index (χ2v) is 5.47. The van der Waals surface area contributed by atoms with Gasteiger partial charge in [0.15, 0.2) is 11.6 Å². The molecule has 0 spiro atoms. The van der Waals surface area contributed by atoms with Gasteiger partial charge in [0.25, 0.3) is 0 Å². The maximum Gasteiger partial charge on any atom is 0.338 e. The second-order valence-electron chi connectivity index (χ2n) is 4.45. The van der Waals surface area contributed by atoms with Crippen molar-refractivity contribution in [2.75, 3.05) is 18.2 Å². The van der Waals surface area contributed by atoms with E-state index in [1.165, 1.54) is 13.2 Å². The topological polar surface area (TPSA) is 55.4 Å². The standard InChI is InChI=1S/C16H13F2NO3S/c1-22-16(21)11-4-2-3-5-14(11)23-9-15(20)19-10-6-7-12(17)13(18)8-10/h2-8H,9H2,1H3,(H,19,20). The van der Waals surface area contributed by atoms with Crippen LogP contribution in [0, 0.1) is 11.6 Å². The van der Waals surface area contributed by atoms with Crippen molar-refractivity contribution in [1.82, 2.24) is 0 Å². The number of anilines is 1. The number of esters is 1. The number of thioether (sulfide) groups is 1. The van der Waals surface area contributed by atoms with Gasteiger partial charge in [-0.3, -0.25) is 4.79 Å². The number of ether oxygens (including phenoxy) is 1. The van der Waals surface area contributed by atoms with Crippen LogP contribution < -0.4 is 5.32 Å². The number of methoxy groups -OCH3 is 1. The first-order chi connectivity index (χ1) is 11.0. The molecule has 120 valence electrons. The molecule has 0 radical (unpaired) electrons. The summed E-state index contributed by atoms with van der Waals surface area (Å²) < 4.78 is 30.6. The van der Waals surface area contributed by atoms with E-state index < -0.39 is 23.5 Å². The zero-order valence-electron chi connectivity index (χ0n) is 12.1. The number of hydrogen-bond donors (Lipinski definition) is 1. The van der Waals surface area contributed by atoms with E-state index in [0.29, 0.717) is 10.5 Å². The molecule has 0 heterocycles. The van der Waals surface area contributed by atoms with Gasteiger partial charge in [0.2, 0.25) is 5.91 Å². The van der Waals surface area contributed by atoms with Gasteiger partial charge in [-0.05, 0) is 24.3 Å². The van der Waals surface area contributed by atoms with Crippen molar-refractivity contribution < 1.29 is 23.1 Å². The molecule has 0 aliphatic carbocycles. The number of amides is 1. The minimum absolute atomic E-state index is 0.00695. The van der Waals surface area contributed by atoms with Crippen molar-refractivity contribution in [3.05, 3.63) is 59.7 Å². The predicted octanol–water partition coefficient (Wildman–Crippen LogP) is 3.48. The van der Waals surface area contributed by atoms with Gasteiger partial charge in [-0.2, -0.15) is 0 Å². The molecular weight excluding hydrogens is 324 g/mol. The van der Waals surface area contributed by atoms with E-state index in [2.05, 4.69) is 10.1 Å². The summed E-state index contributed by atoms with van der Waals surface area (Å²) >= 11 is 1.14. The van der Waals surface area contributed by atoms with Crippen molar-refractivity contribution in [2.45, 2.75) is 4.90 Å². The van der Waals surface area contributed by atoms with Gasteiger partial charge in [0, 0.05) is 16.6 Å². The zero-order valence-corrected chi connectivity index (χ0v) is 13.0. The number of halogens is 2. The molecule has 0 aliphatic heterocycles. The Balaban J connectivity index is 1.99. The molecule has 7 heteroatoms. The Morgan fingerprint density at radius 2 is 1.87 bits per heavy atom. The van der Waals surface area contributed by atoms with Crippen LogP contribution in [0.15, 0.2) is 47.4 Å². The van der Waals surface area contributed by atoms with Crippen LogP contribution in [0.2, 0.25) is 0 Å². The van der Waals surface area contributed by atoms with Crippen molar-refractivity contribution in [3.8, 4) is 0 Å². The van der Waals surface area contributed by atoms with Crippen LogP contribution in [0.3, 0.4) is 0 Å². The Hall–Kier alpha value is -2.41. The summed E-state index contributed by atoms with van der Waals surface area (Å²) in [6.07, 6.45) is 0. The van der Waals surface area contributed by atoms with Gasteiger partial charge in [-0.1, -0.05) is 12.1 Å². The molecular formula is C16H13F2NO3S. The molecule has 1 amide bonds. The predicted molar refractivity (Wildman–Crippen MR) is 83.5 cm³/mol. The molecule has 0 atom stereocenters. The van der Waals surface area contributed by atoms with Crippen molar-refractivity contribution in [2.24, 2.45) is 0 Å². The minimum atomic E-state index is -1.04. The first kappa shape index (κ1) is 17.0. The van der Waals surface area contributed by atoms with E-state index in [0.717, 1.165) is 23.9 Å². The van der Waals surface area contributed by atoms with Crippen molar-refractivity contribution >= 4 is 29.3 Å². The number of rotatable bonds is 5. The lowest BCUT2D eigenvalue weighted by Gasteiger charge is -2.08. The lowest BCUT2D eigenvalue weighted by molar-refractivity contribution is -0.113. The molecule has 23 heavy (non-hydrogen) atoms. The fourth-order valence-electron chi connectivity index (χ4n) is 1.79. The third kappa shape index (κ3) is 4.53. The average molecular weight is 337 g/mol. The van der Waals surface area contributed by atoms with E-state index >= 15 is 0 Å². The third-order valence-electron chi connectivity index (χ3n) is 2.85. The first-order valence-corrected chi connectivity index (χ1v) is 7.55. The fraction of sp³-hybridized carbons (Fsp3) is 0.125. The van der Waals surface area contributed by atoms with Crippen LogP contribution in [0.1, 0.15) is 10.4 Å². The highest BCUT2D eigenvalue weighted by molar-refractivity contribution is 8.00. The zero-order chi connectivity index (χ0) is 16.8. The average Bonchev–Trinajstić information content (AvgIpc) is 2.56. The highest BCUT2D eigenvalue weighted by atomic mass is 32.2. The lowest BCUT2D eigenvalue weighted by atomic mass is 10.2. The summed E-state index contributed by atoms with van der Waals surface area (Å²) in [4.78, 5) is 24.1. The highest BCUT2D eigenvalue weighted by Gasteiger charge is 2.13. The van der Waals surface area contributed by atoms with Crippen LogP contribution in [-0.2, 0) is 9.53 Å². The summed E-state index contributed by atoms with van der Waals surface area (Å²) in [6, 6.07) is 9.83. The number of carbonyl (C=O) groups is 2. The number of hydrogen-bond acceptors (Lipinski definition) is 4. The Labute approximate surface area is 135 Å². The second kappa shape index (κ2) is 7.73. The lowest BCUT2D eigenvalue weighted by Crippen LogP contribution is -2.14. The molecule has 2 rings (SSSR count). The van der Waals surface area contributed by atoms with E-state index in [1.54, 1.807) is 24.3 Å². The SMILES string of the molecule is COC(=O)c1ccccc1SCC(=O)Nc1ccc(F)c(F)c1. The molecule has 0 bridgehead atoms. The molecule has 2 aromatic carbocycles. The molecule has 2 aromatic rings. The Kier molecular flexibility index (Phi) is 5.70. The van der Waals surface area contributed by atoms with Crippen molar-refractivity contribution in [1.29, 1.82) is 0 Å². The molecule has 0 aliphatic rings. The molecule has 0 unspecified atom stereocenters. The van der Waals surface area contributed by atoms with Gasteiger partial charge < -0.3 is 10.1 Å². The van der Waals surface area contributed by atoms with Gasteiger partial charge in [-0.15, -0.1) is 11.8 Å². The highest BCUT2D eigenvalue weighted by Crippen LogP contribution is 2.23. The molecule has 0 saturated carbocycles. The minimum Gasteiger partial charge on any atom is -0.465 e. The van der Waals surface area contributed by atoms with Crippen LogP contribution in [0.4, 0.5) is 14.5 Å². The van der Waals surface area contributed by atoms with Crippen molar-refractivity contribution in [3.63, 3.8) is 0 Å².